The van der Waals surface area contributed by atoms with Gasteiger partial charge in [0.1, 0.15) is 5.69 Å². The van der Waals surface area contributed by atoms with Crippen molar-refractivity contribution in [3.63, 3.8) is 0 Å². The second kappa shape index (κ2) is 10.5. The molecule has 0 aliphatic carbocycles. The highest BCUT2D eigenvalue weighted by atomic mass is 32.1. The third-order valence-electron chi connectivity index (χ3n) is 5.89. The van der Waals surface area contributed by atoms with E-state index < -0.39 is 6.10 Å². The number of rotatable bonds is 11. The van der Waals surface area contributed by atoms with Gasteiger partial charge in [-0.25, -0.2) is 0 Å². The summed E-state index contributed by atoms with van der Waals surface area (Å²) in [5.41, 5.74) is 0.407. The van der Waals surface area contributed by atoms with Crippen molar-refractivity contribution in [3.05, 3.63) is 29.3 Å². The number of aromatic nitrogens is 1. The van der Waals surface area contributed by atoms with Crippen LogP contribution in [0.3, 0.4) is 0 Å². The standard InChI is InChI=1S/C22H29N3O5S/c26-18(16-10-20(30-24-16)21-7-5-9-31-21)6-3-1-2-4-8-25-11-15(12-25)22(28)23-17-13-29-14-19(17)27/h5,7,9-10,15,17,19,27H,1-4,6,8,11-14H2,(H,23,28). The first-order valence-corrected chi connectivity index (χ1v) is 11.8. The van der Waals surface area contributed by atoms with E-state index in [1.54, 1.807) is 17.4 Å². The molecule has 8 nitrogen and oxygen atoms in total. The Morgan fingerprint density at radius 1 is 1.23 bits per heavy atom. The van der Waals surface area contributed by atoms with Gasteiger partial charge in [-0.15, -0.1) is 11.3 Å². The van der Waals surface area contributed by atoms with Crippen molar-refractivity contribution in [2.45, 2.75) is 44.2 Å². The fraction of sp³-hybridized carbons (Fsp3) is 0.591. The zero-order valence-electron chi connectivity index (χ0n) is 17.5. The van der Waals surface area contributed by atoms with E-state index in [1.165, 1.54) is 0 Å². The summed E-state index contributed by atoms with van der Waals surface area (Å²) < 4.78 is 10.4. The van der Waals surface area contributed by atoms with E-state index in [0.717, 1.165) is 50.2 Å². The Balaban J connectivity index is 1.04. The van der Waals surface area contributed by atoms with E-state index in [1.807, 2.05) is 17.5 Å². The van der Waals surface area contributed by atoms with Crippen molar-refractivity contribution in [1.82, 2.24) is 15.4 Å². The summed E-state index contributed by atoms with van der Waals surface area (Å²) in [5.74, 6) is 0.694. The van der Waals surface area contributed by atoms with Crippen LogP contribution in [-0.2, 0) is 9.53 Å². The number of carbonyl (C=O) groups excluding carboxylic acids is 2. The van der Waals surface area contributed by atoms with E-state index in [2.05, 4.69) is 15.4 Å². The van der Waals surface area contributed by atoms with Crippen molar-refractivity contribution >= 4 is 23.0 Å². The monoisotopic (exact) mass is 447 g/mol. The Bertz CT molecular complexity index is 862. The molecule has 1 amide bonds. The van der Waals surface area contributed by atoms with Crippen molar-refractivity contribution in [3.8, 4) is 10.6 Å². The first kappa shape index (κ1) is 22.1. The van der Waals surface area contributed by atoms with Crippen LogP contribution in [-0.4, -0.2) is 71.8 Å². The molecule has 0 spiro atoms. The van der Waals surface area contributed by atoms with Crippen molar-refractivity contribution in [2.75, 3.05) is 32.8 Å². The van der Waals surface area contributed by atoms with Gasteiger partial charge in [-0.1, -0.05) is 24.1 Å². The lowest BCUT2D eigenvalue weighted by Gasteiger charge is -2.38. The molecule has 168 valence electrons. The Hall–Kier alpha value is -2.07. The number of aliphatic hydroxyl groups excluding tert-OH is 1. The van der Waals surface area contributed by atoms with E-state index in [9.17, 15) is 14.7 Å². The number of carbonyl (C=O) groups is 2. The molecule has 4 rings (SSSR count). The van der Waals surface area contributed by atoms with Gasteiger partial charge >= 0.3 is 0 Å². The maximum Gasteiger partial charge on any atom is 0.226 e. The number of hydrogen-bond donors (Lipinski definition) is 2. The molecule has 2 aliphatic heterocycles. The van der Waals surface area contributed by atoms with Crippen LogP contribution in [0.25, 0.3) is 10.6 Å². The molecule has 4 heterocycles. The fourth-order valence-electron chi connectivity index (χ4n) is 3.94. The summed E-state index contributed by atoms with van der Waals surface area (Å²) in [6.45, 7) is 3.19. The van der Waals surface area contributed by atoms with Gasteiger partial charge < -0.3 is 24.6 Å². The molecule has 2 aliphatic rings. The van der Waals surface area contributed by atoms with Crippen LogP contribution >= 0.6 is 11.3 Å². The highest BCUT2D eigenvalue weighted by Crippen LogP contribution is 2.25. The van der Waals surface area contributed by atoms with E-state index >= 15 is 0 Å². The maximum absolute atomic E-state index is 12.3. The first-order chi connectivity index (χ1) is 15.1. The van der Waals surface area contributed by atoms with Crippen LogP contribution in [0.5, 0.6) is 0 Å². The predicted molar refractivity (Wildman–Crippen MR) is 116 cm³/mol. The molecule has 31 heavy (non-hydrogen) atoms. The van der Waals surface area contributed by atoms with Crippen LogP contribution in [0.2, 0.25) is 0 Å². The molecule has 2 unspecified atom stereocenters. The number of Topliss-reactive ketones (excluding diaryl/α,β-unsaturated/α-hetero) is 1. The van der Waals surface area contributed by atoms with Gasteiger partial charge in [-0.2, -0.15) is 0 Å². The van der Waals surface area contributed by atoms with Crippen molar-refractivity contribution in [2.24, 2.45) is 5.92 Å². The molecular weight excluding hydrogens is 418 g/mol. The number of nitrogens with zero attached hydrogens (tertiary/aromatic N) is 2. The number of likely N-dealkylation sites (tertiary alicyclic amines) is 1. The molecule has 9 heteroatoms. The van der Waals surface area contributed by atoms with Gasteiger partial charge in [0.2, 0.25) is 5.91 Å². The van der Waals surface area contributed by atoms with E-state index in [0.29, 0.717) is 31.1 Å². The average Bonchev–Trinajstić information content (AvgIpc) is 3.47. The van der Waals surface area contributed by atoms with Crippen molar-refractivity contribution < 1.29 is 24.0 Å². The normalized spacial score (nSPS) is 21.8. The number of ketones is 1. The van der Waals surface area contributed by atoms with Crippen LogP contribution in [0, 0.1) is 5.92 Å². The zero-order chi connectivity index (χ0) is 21.6. The molecule has 0 bridgehead atoms. The molecule has 0 aromatic carbocycles. The average molecular weight is 448 g/mol. The Kier molecular flexibility index (Phi) is 7.49. The predicted octanol–water partition coefficient (Wildman–Crippen LogP) is 2.34. The smallest absolute Gasteiger partial charge is 0.226 e. The Morgan fingerprint density at radius 2 is 2.06 bits per heavy atom. The number of amides is 1. The lowest BCUT2D eigenvalue weighted by atomic mass is 9.97. The lowest BCUT2D eigenvalue weighted by Crippen LogP contribution is -2.56. The fourth-order valence-corrected chi connectivity index (χ4v) is 4.62. The van der Waals surface area contributed by atoms with Gasteiger partial charge in [0.05, 0.1) is 36.2 Å². The van der Waals surface area contributed by atoms with Gasteiger partial charge in [0.25, 0.3) is 0 Å². The Labute approximate surface area is 185 Å². The minimum Gasteiger partial charge on any atom is -0.388 e. The number of thiophene rings is 1. The number of unbranched alkanes of at least 4 members (excludes halogenated alkanes) is 3. The van der Waals surface area contributed by atoms with Gasteiger partial charge in [-0.3, -0.25) is 9.59 Å². The van der Waals surface area contributed by atoms with Crippen LogP contribution < -0.4 is 5.32 Å². The number of nitrogens with one attached hydrogen (secondary N) is 1. The van der Waals surface area contributed by atoms with Gasteiger partial charge in [0, 0.05) is 25.6 Å². The number of aliphatic hydroxyl groups is 1. The van der Waals surface area contributed by atoms with Gasteiger partial charge in [-0.05, 0) is 30.8 Å². The van der Waals surface area contributed by atoms with E-state index in [-0.39, 0.29) is 23.7 Å². The first-order valence-electron chi connectivity index (χ1n) is 10.9. The molecule has 2 N–H and O–H groups in total. The zero-order valence-corrected chi connectivity index (χ0v) is 18.3. The second-order valence-electron chi connectivity index (χ2n) is 8.32. The molecular formula is C22H29N3O5S. The maximum atomic E-state index is 12.3. The summed E-state index contributed by atoms with van der Waals surface area (Å²) in [6, 6.07) is 5.34. The van der Waals surface area contributed by atoms with Crippen LogP contribution in [0.1, 0.15) is 42.6 Å². The molecule has 2 saturated heterocycles. The molecule has 2 atom stereocenters. The molecule has 2 aromatic heterocycles. The molecule has 2 aromatic rings. The van der Waals surface area contributed by atoms with Crippen LogP contribution in [0.4, 0.5) is 0 Å². The quantitative estimate of drug-likeness (QED) is 0.402. The number of ether oxygens (including phenoxy) is 1. The lowest BCUT2D eigenvalue weighted by molar-refractivity contribution is -0.131. The topological polar surface area (TPSA) is 105 Å². The summed E-state index contributed by atoms with van der Waals surface area (Å²) >= 11 is 1.56. The Morgan fingerprint density at radius 3 is 2.81 bits per heavy atom. The highest BCUT2D eigenvalue weighted by molar-refractivity contribution is 7.13. The van der Waals surface area contributed by atoms with Crippen LogP contribution in [0.15, 0.2) is 28.1 Å². The molecule has 2 fully saturated rings. The molecule has 0 radical (unpaired) electrons. The largest absolute Gasteiger partial charge is 0.388 e. The second-order valence-corrected chi connectivity index (χ2v) is 9.27. The highest BCUT2D eigenvalue weighted by Gasteiger charge is 2.35. The summed E-state index contributed by atoms with van der Waals surface area (Å²) in [4.78, 5) is 27.7. The van der Waals surface area contributed by atoms with E-state index in [4.69, 9.17) is 9.26 Å². The summed E-state index contributed by atoms with van der Waals surface area (Å²) in [6.07, 6.45) is 3.85. The molecule has 0 saturated carbocycles. The third kappa shape index (κ3) is 5.79. The van der Waals surface area contributed by atoms with Crippen molar-refractivity contribution in [1.29, 1.82) is 0 Å². The number of hydrogen-bond acceptors (Lipinski definition) is 8. The SMILES string of the molecule is O=C(CCCCCCN1CC(C(=O)NC2COCC2O)C1)c1cc(-c2cccs2)on1. The summed E-state index contributed by atoms with van der Waals surface area (Å²) in [5, 5.41) is 18.5. The summed E-state index contributed by atoms with van der Waals surface area (Å²) in [7, 11) is 0. The third-order valence-corrected chi connectivity index (χ3v) is 6.78. The van der Waals surface area contributed by atoms with Gasteiger partial charge in [0.15, 0.2) is 11.5 Å². The minimum atomic E-state index is -0.598. The minimum absolute atomic E-state index is 0.00644.